The van der Waals surface area contributed by atoms with Crippen LogP contribution < -0.4 is 10.2 Å². The Hall–Kier alpha value is -2.88. The van der Waals surface area contributed by atoms with Crippen molar-refractivity contribution in [1.29, 1.82) is 0 Å². The second-order valence-corrected chi connectivity index (χ2v) is 7.52. The van der Waals surface area contributed by atoms with E-state index in [1.165, 1.54) is 30.4 Å². The van der Waals surface area contributed by atoms with Gasteiger partial charge in [0.2, 0.25) is 5.95 Å². The van der Waals surface area contributed by atoms with Gasteiger partial charge in [0.1, 0.15) is 5.82 Å². The Morgan fingerprint density at radius 1 is 0.857 bits per heavy atom. The number of nitrogens with zero attached hydrogens (tertiary/aromatic N) is 3. The van der Waals surface area contributed by atoms with E-state index < -0.39 is 0 Å². The van der Waals surface area contributed by atoms with Gasteiger partial charge in [0.15, 0.2) is 0 Å². The molecule has 1 aromatic heterocycles. The number of anilines is 2. The fraction of sp³-hybridized carbons (Fsp3) is 0.333. The zero-order chi connectivity index (χ0) is 19.0. The minimum atomic E-state index is 0.722. The van der Waals surface area contributed by atoms with Crippen LogP contribution in [0.1, 0.15) is 24.0 Å². The summed E-state index contributed by atoms with van der Waals surface area (Å²) >= 11 is 0. The van der Waals surface area contributed by atoms with Crippen LogP contribution in [0.25, 0.3) is 0 Å². The minimum Gasteiger partial charge on any atom is -0.356 e. The first kappa shape index (κ1) is 18.5. The van der Waals surface area contributed by atoms with Gasteiger partial charge in [0.25, 0.3) is 0 Å². The molecule has 4 heteroatoms. The van der Waals surface area contributed by atoms with Crippen LogP contribution in [0.2, 0.25) is 0 Å². The van der Waals surface area contributed by atoms with Crippen molar-refractivity contribution in [2.24, 2.45) is 5.92 Å². The first-order chi connectivity index (χ1) is 13.9. The molecule has 2 aromatic carbocycles. The van der Waals surface area contributed by atoms with Gasteiger partial charge in [-0.3, -0.25) is 0 Å². The molecule has 1 N–H and O–H groups in total. The van der Waals surface area contributed by atoms with E-state index in [1.54, 1.807) is 0 Å². The molecule has 0 unspecified atom stereocenters. The topological polar surface area (TPSA) is 41.1 Å². The first-order valence-electron chi connectivity index (χ1n) is 10.3. The molecule has 0 bridgehead atoms. The maximum atomic E-state index is 4.74. The Balaban J connectivity index is 1.27. The molecule has 0 spiro atoms. The van der Waals surface area contributed by atoms with E-state index in [4.69, 9.17) is 4.98 Å². The molecule has 144 valence electrons. The highest BCUT2D eigenvalue weighted by Gasteiger charge is 2.20. The SMILES string of the molecule is c1ccc(CCNc2nccc(N3CCC(Cc4ccccc4)CC3)n2)cc1. The van der Waals surface area contributed by atoms with Crippen molar-refractivity contribution in [2.75, 3.05) is 29.9 Å². The third-order valence-electron chi connectivity index (χ3n) is 5.49. The number of benzene rings is 2. The summed E-state index contributed by atoms with van der Waals surface area (Å²) in [4.78, 5) is 11.5. The average molecular weight is 373 g/mol. The van der Waals surface area contributed by atoms with Crippen molar-refractivity contribution in [3.63, 3.8) is 0 Å². The highest BCUT2D eigenvalue weighted by atomic mass is 15.2. The standard InChI is InChI=1S/C24H28N4/c1-3-7-20(8-4-1)11-15-25-24-26-16-12-23(27-24)28-17-13-22(14-18-28)19-21-9-5-2-6-10-21/h1-10,12,16,22H,11,13-15,17-19H2,(H,25,26,27). The molecule has 0 aliphatic carbocycles. The molecule has 1 saturated heterocycles. The van der Waals surface area contributed by atoms with E-state index >= 15 is 0 Å². The molecule has 1 fully saturated rings. The van der Waals surface area contributed by atoms with Gasteiger partial charge in [-0.1, -0.05) is 60.7 Å². The Kier molecular flexibility index (Phi) is 6.18. The smallest absolute Gasteiger partial charge is 0.224 e. The summed E-state index contributed by atoms with van der Waals surface area (Å²) in [5.41, 5.74) is 2.78. The predicted molar refractivity (Wildman–Crippen MR) is 116 cm³/mol. The van der Waals surface area contributed by atoms with Crippen LogP contribution in [0.3, 0.4) is 0 Å². The highest BCUT2D eigenvalue weighted by molar-refractivity contribution is 5.43. The predicted octanol–water partition coefficient (Wildman–Crippen LogP) is 4.59. The zero-order valence-corrected chi connectivity index (χ0v) is 16.3. The van der Waals surface area contributed by atoms with Gasteiger partial charge >= 0.3 is 0 Å². The minimum absolute atomic E-state index is 0.722. The van der Waals surface area contributed by atoms with Crippen LogP contribution in [-0.2, 0) is 12.8 Å². The second-order valence-electron chi connectivity index (χ2n) is 7.52. The van der Waals surface area contributed by atoms with Crippen LogP contribution in [-0.4, -0.2) is 29.6 Å². The van der Waals surface area contributed by atoms with Crippen LogP contribution in [0, 0.1) is 5.92 Å². The molecule has 1 aliphatic rings. The molecule has 0 amide bonds. The molecule has 28 heavy (non-hydrogen) atoms. The summed E-state index contributed by atoms with van der Waals surface area (Å²) in [7, 11) is 0. The lowest BCUT2D eigenvalue weighted by Gasteiger charge is -2.33. The van der Waals surface area contributed by atoms with Gasteiger partial charge in [-0.25, -0.2) is 4.98 Å². The van der Waals surface area contributed by atoms with Gasteiger partial charge in [-0.2, -0.15) is 4.98 Å². The van der Waals surface area contributed by atoms with E-state index in [2.05, 4.69) is 69.8 Å². The van der Waals surface area contributed by atoms with Crippen molar-refractivity contribution in [1.82, 2.24) is 9.97 Å². The second kappa shape index (κ2) is 9.36. The quantitative estimate of drug-likeness (QED) is 0.658. The van der Waals surface area contributed by atoms with Crippen LogP contribution in [0.15, 0.2) is 72.9 Å². The first-order valence-corrected chi connectivity index (χ1v) is 10.3. The van der Waals surface area contributed by atoms with E-state index in [9.17, 15) is 0 Å². The summed E-state index contributed by atoms with van der Waals surface area (Å²) in [5, 5.41) is 3.37. The van der Waals surface area contributed by atoms with Gasteiger partial charge in [-0.05, 0) is 48.8 Å². The van der Waals surface area contributed by atoms with Gasteiger partial charge in [-0.15, -0.1) is 0 Å². The van der Waals surface area contributed by atoms with Gasteiger partial charge in [0.05, 0.1) is 0 Å². The Morgan fingerprint density at radius 3 is 2.25 bits per heavy atom. The molecule has 4 nitrogen and oxygen atoms in total. The maximum Gasteiger partial charge on any atom is 0.224 e. The Morgan fingerprint density at radius 2 is 1.54 bits per heavy atom. The van der Waals surface area contributed by atoms with E-state index in [0.717, 1.165) is 43.7 Å². The zero-order valence-electron chi connectivity index (χ0n) is 16.3. The lowest BCUT2D eigenvalue weighted by atomic mass is 9.90. The molecule has 0 radical (unpaired) electrons. The lowest BCUT2D eigenvalue weighted by molar-refractivity contribution is 0.402. The largest absolute Gasteiger partial charge is 0.356 e. The van der Waals surface area contributed by atoms with Gasteiger partial charge < -0.3 is 10.2 Å². The third kappa shape index (κ3) is 5.10. The van der Waals surface area contributed by atoms with Crippen LogP contribution >= 0.6 is 0 Å². The molecule has 1 aliphatic heterocycles. The Bertz CT molecular complexity index is 843. The van der Waals surface area contributed by atoms with E-state index in [0.29, 0.717) is 0 Å². The van der Waals surface area contributed by atoms with Crippen molar-refractivity contribution in [3.8, 4) is 0 Å². The number of aromatic nitrogens is 2. The van der Waals surface area contributed by atoms with Crippen LogP contribution in [0.5, 0.6) is 0 Å². The number of nitrogens with one attached hydrogen (secondary N) is 1. The maximum absolute atomic E-state index is 4.74. The molecule has 0 saturated carbocycles. The summed E-state index contributed by atoms with van der Waals surface area (Å²) in [6, 6.07) is 23.4. The average Bonchev–Trinajstić information content (AvgIpc) is 2.76. The molecular formula is C24H28N4. The summed E-state index contributed by atoms with van der Waals surface area (Å²) in [6.45, 7) is 2.97. The summed E-state index contributed by atoms with van der Waals surface area (Å²) < 4.78 is 0. The van der Waals surface area contributed by atoms with Crippen molar-refractivity contribution < 1.29 is 0 Å². The van der Waals surface area contributed by atoms with Crippen LogP contribution in [0.4, 0.5) is 11.8 Å². The van der Waals surface area contributed by atoms with Crippen molar-refractivity contribution in [3.05, 3.63) is 84.1 Å². The molecule has 2 heterocycles. The van der Waals surface area contributed by atoms with E-state index in [-0.39, 0.29) is 0 Å². The number of hydrogen-bond acceptors (Lipinski definition) is 4. The van der Waals surface area contributed by atoms with Gasteiger partial charge in [0, 0.05) is 25.8 Å². The number of rotatable bonds is 7. The van der Waals surface area contributed by atoms with Crippen molar-refractivity contribution in [2.45, 2.75) is 25.7 Å². The molecule has 0 atom stereocenters. The fourth-order valence-corrected chi connectivity index (χ4v) is 3.89. The lowest BCUT2D eigenvalue weighted by Crippen LogP contribution is -2.35. The Labute approximate surface area is 167 Å². The number of hydrogen-bond donors (Lipinski definition) is 1. The molecular weight excluding hydrogens is 344 g/mol. The molecule has 4 rings (SSSR count). The summed E-state index contributed by atoms with van der Waals surface area (Å²) in [6.07, 6.45) is 6.46. The highest BCUT2D eigenvalue weighted by Crippen LogP contribution is 2.25. The van der Waals surface area contributed by atoms with E-state index in [1.807, 2.05) is 18.3 Å². The third-order valence-corrected chi connectivity index (χ3v) is 5.49. The monoisotopic (exact) mass is 372 g/mol. The fourth-order valence-electron chi connectivity index (χ4n) is 3.89. The normalized spacial score (nSPS) is 14.8. The summed E-state index contributed by atoms with van der Waals surface area (Å²) in [5.74, 6) is 2.53. The molecule has 3 aromatic rings. The number of piperidine rings is 1. The van der Waals surface area contributed by atoms with Crippen molar-refractivity contribution >= 4 is 11.8 Å².